The van der Waals surface area contributed by atoms with E-state index >= 15 is 0 Å². The molecule has 0 saturated carbocycles. The van der Waals surface area contributed by atoms with Gasteiger partial charge in [-0.15, -0.1) is 0 Å². The average Bonchev–Trinajstić information content (AvgIpc) is 2.26. The highest BCUT2D eigenvalue weighted by molar-refractivity contribution is 5.62. The largest absolute Gasteiger partial charge is 0.497 e. The average molecular weight is 229 g/mol. The summed E-state index contributed by atoms with van der Waals surface area (Å²) in [7, 11) is 1.64. The van der Waals surface area contributed by atoms with E-state index in [0.717, 1.165) is 28.3 Å². The lowest BCUT2D eigenvalue weighted by molar-refractivity contribution is 0.414. The Kier molecular flexibility index (Phi) is 3.00. The second-order valence-corrected chi connectivity index (χ2v) is 4.15. The summed E-state index contributed by atoms with van der Waals surface area (Å²) in [5.41, 5.74) is 3.74. The first-order valence-electron chi connectivity index (χ1n) is 5.45. The number of methoxy groups -OCH3 is 1. The third-order valence-electron chi connectivity index (χ3n) is 2.57. The fraction of sp³-hybridized carbons (Fsp3) is 0.214. The molecule has 0 unspecified atom stereocenters. The van der Waals surface area contributed by atoms with Crippen LogP contribution in [0.2, 0.25) is 0 Å². The molecular weight excluding hydrogens is 214 g/mol. The molecule has 1 aromatic carbocycles. The van der Waals surface area contributed by atoms with E-state index in [9.17, 15) is 4.79 Å². The number of pyridine rings is 1. The number of rotatable bonds is 2. The number of aryl methyl sites for hydroxylation is 2. The maximum Gasteiger partial charge on any atom is 0.182 e. The number of ether oxygens (including phenoxy) is 1. The molecule has 3 heteroatoms. The maximum absolute atomic E-state index is 11.5. The number of aromatic nitrogens is 1. The molecule has 1 heterocycles. The fourth-order valence-corrected chi connectivity index (χ4v) is 1.86. The molecule has 0 aliphatic rings. The normalized spacial score (nSPS) is 10.3. The molecule has 0 fully saturated rings. The van der Waals surface area contributed by atoms with Gasteiger partial charge < -0.3 is 9.72 Å². The zero-order valence-electron chi connectivity index (χ0n) is 10.2. The maximum atomic E-state index is 11.5. The molecule has 88 valence electrons. The van der Waals surface area contributed by atoms with Crippen LogP contribution in [0, 0.1) is 13.8 Å². The van der Waals surface area contributed by atoms with Gasteiger partial charge in [-0.25, -0.2) is 0 Å². The van der Waals surface area contributed by atoms with E-state index in [1.807, 2.05) is 32.0 Å². The van der Waals surface area contributed by atoms with Crippen LogP contribution in [0.3, 0.4) is 0 Å². The highest BCUT2D eigenvalue weighted by atomic mass is 16.5. The van der Waals surface area contributed by atoms with Crippen molar-refractivity contribution < 1.29 is 4.74 Å². The van der Waals surface area contributed by atoms with Crippen LogP contribution in [0.5, 0.6) is 5.75 Å². The molecule has 3 nitrogen and oxygen atoms in total. The van der Waals surface area contributed by atoms with Gasteiger partial charge in [0.25, 0.3) is 0 Å². The topological polar surface area (TPSA) is 42.1 Å². The van der Waals surface area contributed by atoms with Gasteiger partial charge in [0.2, 0.25) is 0 Å². The molecule has 1 N–H and O–H groups in total. The van der Waals surface area contributed by atoms with Gasteiger partial charge in [-0.3, -0.25) is 4.79 Å². The zero-order valence-corrected chi connectivity index (χ0v) is 10.2. The first-order valence-corrected chi connectivity index (χ1v) is 5.45. The molecule has 0 spiro atoms. The lowest BCUT2D eigenvalue weighted by Gasteiger charge is -2.07. The summed E-state index contributed by atoms with van der Waals surface area (Å²) in [4.78, 5) is 14.7. The van der Waals surface area contributed by atoms with Gasteiger partial charge in [0.15, 0.2) is 5.43 Å². The van der Waals surface area contributed by atoms with E-state index in [2.05, 4.69) is 4.98 Å². The second kappa shape index (κ2) is 4.45. The Hall–Kier alpha value is -2.03. The number of hydrogen-bond donors (Lipinski definition) is 1. The summed E-state index contributed by atoms with van der Waals surface area (Å²) in [6.45, 7) is 3.87. The number of hydrogen-bond acceptors (Lipinski definition) is 2. The lowest BCUT2D eigenvalue weighted by Crippen LogP contribution is -2.01. The molecule has 2 rings (SSSR count). The van der Waals surface area contributed by atoms with E-state index in [1.54, 1.807) is 19.2 Å². The van der Waals surface area contributed by atoms with Crippen molar-refractivity contribution in [3.05, 3.63) is 51.8 Å². The van der Waals surface area contributed by atoms with E-state index < -0.39 is 0 Å². The van der Waals surface area contributed by atoms with Gasteiger partial charge in [0, 0.05) is 29.1 Å². The monoisotopic (exact) mass is 229 g/mol. The number of benzene rings is 1. The molecule has 1 aromatic heterocycles. The summed E-state index contributed by atoms with van der Waals surface area (Å²) >= 11 is 0. The molecule has 0 aliphatic carbocycles. The third kappa shape index (κ3) is 2.56. The van der Waals surface area contributed by atoms with E-state index in [-0.39, 0.29) is 5.43 Å². The predicted octanol–water partition coefficient (Wildman–Crippen LogP) is 2.67. The first kappa shape index (κ1) is 11.5. The minimum absolute atomic E-state index is 0.0109. The van der Waals surface area contributed by atoms with Crippen molar-refractivity contribution >= 4 is 0 Å². The summed E-state index contributed by atoms with van der Waals surface area (Å²) < 4.78 is 5.23. The Labute approximate surface area is 100 Å². The van der Waals surface area contributed by atoms with Gasteiger partial charge in [0.1, 0.15) is 5.75 Å². The van der Waals surface area contributed by atoms with Gasteiger partial charge >= 0.3 is 0 Å². The van der Waals surface area contributed by atoms with Gasteiger partial charge in [-0.1, -0.05) is 0 Å². The predicted molar refractivity (Wildman–Crippen MR) is 68.5 cm³/mol. The van der Waals surface area contributed by atoms with Crippen LogP contribution >= 0.6 is 0 Å². The van der Waals surface area contributed by atoms with Crippen molar-refractivity contribution in [2.24, 2.45) is 0 Å². The quantitative estimate of drug-likeness (QED) is 0.860. The molecule has 0 saturated heterocycles. The molecular formula is C14H15NO2. The summed E-state index contributed by atoms with van der Waals surface area (Å²) in [6.07, 6.45) is 0. The molecule has 17 heavy (non-hydrogen) atoms. The molecule has 2 aromatic rings. The second-order valence-electron chi connectivity index (χ2n) is 4.15. The summed E-state index contributed by atoms with van der Waals surface area (Å²) in [5, 5.41) is 0. The molecule has 0 amide bonds. The summed E-state index contributed by atoms with van der Waals surface area (Å²) in [6, 6.07) is 9.07. The Bertz CT molecular complexity index is 599. The van der Waals surface area contributed by atoms with Gasteiger partial charge in [0.05, 0.1) is 7.11 Å². The number of nitrogens with one attached hydrogen (secondary N) is 1. The standard InChI is InChI=1S/C14H15NO2/c1-9-4-11(7-13(5-9)17-3)14-8-12(16)6-10(2)15-14/h4-8H,1-3H3,(H,15,16). The van der Waals surface area contributed by atoms with Crippen molar-refractivity contribution in [2.45, 2.75) is 13.8 Å². The van der Waals surface area contributed by atoms with Gasteiger partial charge in [-0.05, 0) is 37.6 Å². The van der Waals surface area contributed by atoms with Crippen LogP contribution in [0.1, 0.15) is 11.3 Å². The highest BCUT2D eigenvalue weighted by Gasteiger charge is 2.03. The van der Waals surface area contributed by atoms with Crippen molar-refractivity contribution in [3.8, 4) is 17.0 Å². The molecule has 0 aliphatic heterocycles. The van der Waals surface area contributed by atoms with Gasteiger partial charge in [-0.2, -0.15) is 0 Å². The Morgan fingerprint density at radius 3 is 2.47 bits per heavy atom. The Morgan fingerprint density at radius 2 is 1.82 bits per heavy atom. The van der Waals surface area contributed by atoms with Crippen LogP contribution in [0.4, 0.5) is 0 Å². The Morgan fingerprint density at radius 1 is 1.06 bits per heavy atom. The van der Waals surface area contributed by atoms with Crippen LogP contribution < -0.4 is 10.2 Å². The van der Waals surface area contributed by atoms with Crippen molar-refractivity contribution in [3.63, 3.8) is 0 Å². The zero-order chi connectivity index (χ0) is 12.4. The third-order valence-corrected chi connectivity index (χ3v) is 2.57. The number of aromatic amines is 1. The van der Waals surface area contributed by atoms with E-state index in [1.165, 1.54) is 0 Å². The van der Waals surface area contributed by atoms with Crippen LogP contribution in [-0.2, 0) is 0 Å². The Balaban J connectivity index is 2.59. The smallest absolute Gasteiger partial charge is 0.182 e. The number of H-pyrrole nitrogens is 1. The van der Waals surface area contributed by atoms with Crippen LogP contribution in [0.15, 0.2) is 35.1 Å². The SMILES string of the molecule is COc1cc(C)cc(-c2cc(=O)cc(C)[nH]2)c1. The van der Waals surface area contributed by atoms with Crippen LogP contribution in [-0.4, -0.2) is 12.1 Å². The van der Waals surface area contributed by atoms with E-state index in [0.29, 0.717) is 0 Å². The van der Waals surface area contributed by atoms with Crippen molar-refractivity contribution in [1.29, 1.82) is 0 Å². The minimum Gasteiger partial charge on any atom is -0.497 e. The molecule has 0 bridgehead atoms. The first-order chi connectivity index (χ1) is 8.08. The van der Waals surface area contributed by atoms with Crippen molar-refractivity contribution in [2.75, 3.05) is 7.11 Å². The minimum atomic E-state index is 0.0109. The highest BCUT2D eigenvalue weighted by Crippen LogP contribution is 2.23. The summed E-state index contributed by atoms with van der Waals surface area (Å²) in [5.74, 6) is 0.794. The van der Waals surface area contributed by atoms with Crippen molar-refractivity contribution in [1.82, 2.24) is 4.98 Å². The lowest BCUT2D eigenvalue weighted by atomic mass is 10.1. The van der Waals surface area contributed by atoms with Crippen LogP contribution in [0.25, 0.3) is 11.3 Å². The molecule has 0 radical (unpaired) electrons. The molecule has 0 atom stereocenters. The van der Waals surface area contributed by atoms with E-state index in [4.69, 9.17) is 4.74 Å². The fourth-order valence-electron chi connectivity index (χ4n) is 1.86.